The highest BCUT2D eigenvalue weighted by Gasteiger charge is 2.62. The average Bonchev–Trinajstić information content (AvgIpc) is 3.89. The van der Waals surface area contributed by atoms with Crippen LogP contribution < -0.4 is 15.4 Å². The van der Waals surface area contributed by atoms with Crippen LogP contribution in [-0.4, -0.2) is 95.0 Å². The minimum Gasteiger partial charge on any atom is -0.444 e. The summed E-state index contributed by atoms with van der Waals surface area (Å²) in [6.45, 7) is 6.41. The number of sulfonamides is 1. The van der Waals surface area contributed by atoms with Gasteiger partial charge in [-0.1, -0.05) is 31.6 Å². The zero-order valence-electron chi connectivity index (χ0n) is 29.5. The van der Waals surface area contributed by atoms with Gasteiger partial charge < -0.3 is 25.0 Å². The molecule has 2 aliphatic heterocycles. The molecule has 52 heavy (non-hydrogen) atoms. The largest absolute Gasteiger partial charge is 0.444 e. The fourth-order valence-corrected chi connectivity index (χ4v) is 8.58. The summed E-state index contributed by atoms with van der Waals surface area (Å²) in [5, 5.41) is 4.55. The lowest BCUT2D eigenvalue weighted by molar-refractivity contribution is -0.143. The van der Waals surface area contributed by atoms with Crippen LogP contribution in [0.1, 0.15) is 77.3 Å². The number of nitrogens with one attached hydrogen (secondary N) is 3. The third-order valence-corrected chi connectivity index (χ3v) is 12.0. The van der Waals surface area contributed by atoms with Gasteiger partial charge in [-0.25, -0.2) is 22.4 Å². The molecule has 0 bridgehead atoms. The van der Waals surface area contributed by atoms with Crippen LogP contribution in [0.4, 0.5) is 14.0 Å². The first kappa shape index (κ1) is 37.2. The highest BCUT2D eigenvalue weighted by Crippen LogP contribution is 2.47. The maximum atomic E-state index is 14.4. The lowest BCUT2D eigenvalue weighted by Gasteiger charge is -2.32. The van der Waals surface area contributed by atoms with E-state index in [0.717, 1.165) is 4.90 Å². The topological polar surface area (TPSA) is 198 Å². The van der Waals surface area contributed by atoms with Crippen molar-refractivity contribution in [2.24, 2.45) is 11.8 Å². The molecule has 3 N–H and O–H groups in total. The Morgan fingerprint density at radius 3 is 2.44 bits per heavy atom. The fourth-order valence-electron chi connectivity index (χ4n) is 7.22. The molecule has 0 spiro atoms. The zero-order chi connectivity index (χ0) is 37.7. The van der Waals surface area contributed by atoms with Gasteiger partial charge in [-0.15, -0.1) is 0 Å². The third-order valence-electron chi connectivity index (χ3n) is 10.2. The van der Waals surface area contributed by atoms with E-state index >= 15 is 0 Å². The van der Waals surface area contributed by atoms with Crippen LogP contribution >= 0.6 is 0 Å². The van der Waals surface area contributed by atoms with Crippen molar-refractivity contribution in [1.82, 2.24) is 25.2 Å². The van der Waals surface area contributed by atoms with E-state index in [-0.39, 0.29) is 44.8 Å². The maximum absolute atomic E-state index is 14.4. The summed E-state index contributed by atoms with van der Waals surface area (Å²) in [6, 6.07) is 1.71. The summed E-state index contributed by atoms with van der Waals surface area (Å²) < 4.78 is 53.0. The third kappa shape index (κ3) is 7.64. The van der Waals surface area contributed by atoms with E-state index < -0.39 is 92.0 Å². The predicted octanol–water partition coefficient (Wildman–Crippen LogP) is 2.18. The molecule has 1 aromatic carbocycles. The monoisotopic (exact) mass is 745 g/mol. The van der Waals surface area contributed by atoms with Gasteiger partial charge in [0.05, 0.1) is 24.3 Å². The second kappa shape index (κ2) is 13.8. The molecule has 1 saturated heterocycles. The number of ether oxygens (including phenoxy) is 2. The SMILES string of the molecule is CC[C@@H]1C[C@]1(NC(=O)[C@@H]1C[C@@H](OC(=O)N2Cc3cccc(F)c3C2)CN1C(=O)[C@@H](NC(=O)OC(C)(C)C)[C@@H]1CC=CC1=O)C(=O)NS(=O)(=O)C1CC1. The molecule has 282 valence electrons. The normalized spacial score (nSPS) is 27.1. The van der Waals surface area contributed by atoms with Crippen LogP contribution in [-0.2, 0) is 51.8 Å². The van der Waals surface area contributed by atoms with Gasteiger partial charge in [0.15, 0.2) is 5.78 Å². The summed E-state index contributed by atoms with van der Waals surface area (Å²) in [7, 11) is -3.93. The smallest absolute Gasteiger partial charge is 0.410 e. The molecule has 6 rings (SSSR count). The Balaban J connectivity index is 1.25. The molecule has 2 heterocycles. The van der Waals surface area contributed by atoms with Gasteiger partial charge in [0.25, 0.3) is 5.91 Å². The van der Waals surface area contributed by atoms with Crippen LogP contribution in [0.3, 0.4) is 0 Å². The van der Waals surface area contributed by atoms with E-state index in [9.17, 15) is 41.6 Å². The number of benzene rings is 1. The standard InChI is InChI=1S/C35H44FN5O10S/c1-5-20-15-35(20,31(45)39-52(48,49)22-12-13-22)38-29(43)26-14-21(50-33(47)40-16-19-8-6-10-25(36)24(19)18-40)17-41(26)30(44)28(23-9-7-11-27(23)42)37-32(46)51-34(2,3)4/h6-8,10-11,20-23,26,28H,5,9,12-18H2,1-4H3,(H,37,46)(H,38,43)(H,39,45)/t20-,21-,23-,26+,28+,35-/m1/s1. The second-order valence-corrected chi connectivity index (χ2v) is 17.2. The number of halogens is 1. The van der Waals surface area contributed by atoms with Gasteiger partial charge >= 0.3 is 12.2 Å². The molecule has 3 aliphatic carbocycles. The summed E-state index contributed by atoms with van der Waals surface area (Å²) in [4.78, 5) is 83.6. The summed E-state index contributed by atoms with van der Waals surface area (Å²) in [5.74, 6) is -4.77. The van der Waals surface area contributed by atoms with Gasteiger partial charge in [-0.05, 0) is 70.1 Å². The summed E-state index contributed by atoms with van der Waals surface area (Å²) >= 11 is 0. The van der Waals surface area contributed by atoms with Crippen LogP contribution in [0.15, 0.2) is 30.4 Å². The molecule has 3 fully saturated rings. The lowest BCUT2D eigenvalue weighted by Crippen LogP contribution is -2.59. The molecule has 0 aromatic heterocycles. The molecule has 15 nitrogen and oxygen atoms in total. The Labute approximate surface area is 301 Å². The highest BCUT2D eigenvalue weighted by atomic mass is 32.2. The fraction of sp³-hybridized carbons (Fsp3) is 0.600. The molecular formula is C35H44FN5O10S. The van der Waals surface area contributed by atoms with Crippen molar-refractivity contribution in [3.05, 3.63) is 47.3 Å². The number of alkyl carbamates (subject to hydrolysis) is 1. The van der Waals surface area contributed by atoms with Gasteiger partial charge in [0.1, 0.15) is 35.1 Å². The molecule has 5 amide bonds. The number of amides is 5. The van der Waals surface area contributed by atoms with E-state index in [2.05, 4.69) is 15.4 Å². The lowest BCUT2D eigenvalue weighted by atomic mass is 9.94. The van der Waals surface area contributed by atoms with Crippen molar-refractivity contribution < 1.29 is 51.0 Å². The van der Waals surface area contributed by atoms with E-state index in [4.69, 9.17) is 9.47 Å². The molecule has 6 atom stereocenters. The average molecular weight is 746 g/mol. The quantitative estimate of drug-likeness (QED) is 0.319. The number of likely N-dealkylation sites (tertiary alicyclic amines) is 1. The van der Waals surface area contributed by atoms with Crippen molar-refractivity contribution in [1.29, 1.82) is 0 Å². The Morgan fingerprint density at radius 2 is 1.85 bits per heavy atom. The number of rotatable bonds is 10. The van der Waals surface area contributed by atoms with Gasteiger partial charge in [0, 0.05) is 18.5 Å². The van der Waals surface area contributed by atoms with Crippen LogP contribution in [0.2, 0.25) is 0 Å². The summed E-state index contributed by atoms with van der Waals surface area (Å²) in [5.41, 5.74) is -1.52. The number of hydrogen-bond acceptors (Lipinski definition) is 10. The highest BCUT2D eigenvalue weighted by molar-refractivity contribution is 7.91. The maximum Gasteiger partial charge on any atom is 0.410 e. The Bertz CT molecular complexity index is 1830. The van der Waals surface area contributed by atoms with E-state index in [1.165, 1.54) is 23.1 Å². The van der Waals surface area contributed by atoms with Crippen LogP contribution in [0, 0.1) is 17.7 Å². The molecule has 17 heteroatoms. The number of ketones is 1. The van der Waals surface area contributed by atoms with Crippen molar-refractivity contribution >= 4 is 45.7 Å². The molecule has 0 unspecified atom stereocenters. The number of hydrogen-bond donors (Lipinski definition) is 3. The van der Waals surface area contributed by atoms with Crippen LogP contribution in [0.5, 0.6) is 0 Å². The summed E-state index contributed by atoms with van der Waals surface area (Å²) in [6.07, 6.45) is 1.40. The van der Waals surface area contributed by atoms with Gasteiger partial charge in [-0.3, -0.25) is 28.8 Å². The molecule has 5 aliphatic rings. The minimum absolute atomic E-state index is 0.0431. The van der Waals surface area contributed by atoms with Crippen LogP contribution in [0.25, 0.3) is 0 Å². The Hall–Kier alpha value is -4.54. The van der Waals surface area contributed by atoms with Crippen molar-refractivity contribution in [2.75, 3.05) is 6.54 Å². The number of nitrogens with zero attached hydrogens (tertiary/aromatic N) is 2. The first-order valence-electron chi connectivity index (χ1n) is 17.5. The molecular weight excluding hydrogens is 701 g/mol. The first-order chi connectivity index (χ1) is 24.4. The number of fused-ring (bicyclic) bond motifs is 1. The Kier molecular flexibility index (Phi) is 9.87. The van der Waals surface area contributed by atoms with Gasteiger partial charge in [-0.2, -0.15) is 0 Å². The molecule has 1 aromatic rings. The van der Waals surface area contributed by atoms with Crippen molar-refractivity contribution in [3.8, 4) is 0 Å². The minimum atomic E-state index is -3.93. The number of carbonyl (C=O) groups excluding carboxylic acids is 6. The number of allylic oxidation sites excluding steroid dienone is 2. The zero-order valence-corrected chi connectivity index (χ0v) is 30.3. The first-order valence-corrected chi connectivity index (χ1v) is 19.1. The Morgan fingerprint density at radius 1 is 1.12 bits per heavy atom. The van der Waals surface area contributed by atoms with Crippen molar-refractivity contribution in [3.63, 3.8) is 0 Å². The van der Waals surface area contributed by atoms with Gasteiger partial charge in [0.2, 0.25) is 21.8 Å². The number of carbonyl (C=O) groups is 6. The van der Waals surface area contributed by atoms with E-state index in [1.807, 2.05) is 0 Å². The molecule has 2 saturated carbocycles. The van der Waals surface area contributed by atoms with E-state index in [0.29, 0.717) is 30.4 Å². The molecule has 0 radical (unpaired) electrons. The van der Waals surface area contributed by atoms with Crippen molar-refractivity contribution in [2.45, 2.75) is 114 Å². The van der Waals surface area contributed by atoms with E-state index in [1.54, 1.807) is 39.8 Å². The predicted molar refractivity (Wildman–Crippen MR) is 181 cm³/mol. The second-order valence-electron chi connectivity index (χ2n) is 15.2.